The molecular weight excluding hydrogens is 355 g/mol. The van der Waals surface area contributed by atoms with Gasteiger partial charge in [-0.2, -0.15) is 0 Å². The Balaban J connectivity index is 1.56. The van der Waals surface area contributed by atoms with Crippen molar-refractivity contribution in [2.24, 2.45) is 0 Å². The molecule has 1 amide bonds. The van der Waals surface area contributed by atoms with Gasteiger partial charge in [0.2, 0.25) is 5.91 Å². The van der Waals surface area contributed by atoms with E-state index in [0.29, 0.717) is 12.1 Å². The number of piperidine rings is 1. The van der Waals surface area contributed by atoms with E-state index in [4.69, 9.17) is 4.74 Å². The topological polar surface area (TPSA) is 42.8 Å². The van der Waals surface area contributed by atoms with Gasteiger partial charge in [0.25, 0.3) is 0 Å². The van der Waals surface area contributed by atoms with Crippen LogP contribution in [0.2, 0.25) is 0 Å². The molecule has 1 saturated heterocycles. The number of amides is 1. The van der Waals surface area contributed by atoms with Crippen molar-refractivity contribution in [3.05, 3.63) is 71.0 Å². The third-order valence-electron chi connectivity index (χ3n) is 5.18. The zero-order valence-electron chi connectivity index (χ0n) is 16.3. The minimum Gasteiger partial charge on any atom is -0.494 e. The highest BCUT2D eigenvalue weighted by Gasteiger charge is 2.15. The van der Waals surface area contributed by atoms with Crippen LogP contribution in [0.25, 0.3) is 6.08 Å². The summed E-state index contributed by atoms with van der Waals surface area (Å²) in [5.74, 6) is -0.454. The van der Waals surface area contributed by atoms with Crippen molar-refractivity contribution in [3.63, 3.8) is 0 Å². The molecule has 2 aromatic carbocycles. The number of methoxy groups -OCH3 is 1. The van der Waals surface area contributed by atoms with Crippen molar-refractivity contribution in [1.29, 1.82) is 0 Å². The quantitative estimate of drug-likeness (QED) is 0.722. The van der Waals surface area contributed by atoms with Gasteiger partial charge in [-0.25, -0.2) is 4.39 Å². The number of hydrogen-bond donors (Lipinski definition) is 2. The Hall–Kier alpha value is -2.66. The van der Waals surface area contributed by atoms with Crippen molar-refractivity contribution in [2.75, 3.05) is 20.2 Å². The molecule has 5 heteroatoms. The number of carbonyl (C=O) groups is 1. The Kier molecular flexibility index (Phi) is 7.20. The van der Waals surface area contributed by atoms with E-state index in [1.54, 1.807) is 23.1 Å². The zero-order valence-corrected chi connectivity index (χ0v) is 16.3. The first-order valence-electron chi connectivity index (χ1n) is 9.85. The average molecular weight is 383 g/mol. The predicted octanol–water partition coefficient (Wildman–Crippen LogP) is 2.73. The lowest BCUT2D eigenvalue weighted by atomic mass is 10.0. The van der Waals surface area contributed by atoms with Gasteiger partial charge in [-0.1, -0.05) is 30.3 Å². The van der Waals surface area contributed by atoms with Crippen molar-refractivity contribution >= 4 is 12.0 Å². The third-order valence-corrected chi connectivity index (χ3v) is 5.18. The van der Waals surface area contributed by atoms with Gasteiger partial charge in [-0.15, -0.1) is 0 Å². The van der Waals surface area contributed by atoms with Gasteiger partial charge in [0.15, 0.2) is 11.6 Å². The molecule has 2 aromatic rings. The van der Waals surface area contributed by atoms with Crippen LogP contribution in [0.3, 0.4) is 0 Å². The van der Waals surface area contributed by atoms with Crippen LogP contribution >= 0.6 is 0 Å². The van der Waals surface area contributed by atoms with E-state index in [1.165, 1.54) is 57.2 Å². The maximum absolute atomic E-state index is 13.7. The number of hydrogen-bond acceptors (Lipinski definition) is 2. The number of benzene rings is 2. The fourth-order valence-electron chi connectivity index (χ4n) is 3.60. The summed E-state index contributed by atoms with van der Waals surface area (Å²) in [5, 5.41) is 2.93. The summed E-state index contributed by atoms with van der Waals surface area (Å²) in [6.45, 7) is 3.94. The Labute approximate surface area is 166 Å². The Morgan fingerprint density at radius 3 is 2.61 bits per heavy atom. The maximum Gasteiger partial charge on any atom is 0.244 e. The van der Waals surface area contributed by atoms with Crippen LogP contribution in [0.4, 0.5) is 4.39 Å². The number of nitrogens with one attached hydrogen (secondary N) is 2. The summed E-state index contributed by atoms with van der Waals surface area (Å²) >= 11 is 0. The lowest BCUT2D eigenvalue weighted by Crippen LogP contribution is -3.11. The van der Waals surface area contributed by atoms with Crippen molar-refractivity contribution in [2.45, 2.75) is 32.4 Å². The number of ether oxygens (including phenoxy) is 1. The summed E-state index contributed by atoms with van der Waals surface area (Å²) < 4.78 is 18.6. The third kappa shape index (κ3) is 5.67. The van der Waals surface area contributed by atoms with Crippen molar-refractivity contribution < 1.29 is 18.8 Å². The van der Waals surface area contributed by atoms with Crippen LogP contribution in [-0.2, 0) is 17.9 Å². The molecule has 0 spiro atoms. The smallest absolute Gasteiger partial charge is 0.244 e. The summed E-state index contributed by atoms with van der Waals surface area (Å²) in [4.78, 5) is 13.8. The van der Waals surface area contributed by atoms with Gasteiger partial charge in [0.05, 0.1) is 20.2 Å². The fraction of sp³-hybridized carbons (Fsp3) is 0.348. The Morgan fingerprint density at radius 2 is 1.89 bits per heavy atom. The molecule has 2 N–H and O–H groups in total. The van der Waals surface area contributed by atoms with Crippen LogP contribution in [0, 0.1) is 5.82 Å². The highest BCUT2D eigenvalue weighted by molar-refractivity contribution is 5.91. The van der Waals surface area contributed by atoms with Gasteiger partial charge >= 0.3 is 0 Å². The monoisotopic (exact) mass is 383 g/mol. The summed E-state index contributed by atoms with van der Waals surface area (Å²) in [6.07, 6.45) is 6.96. The van der Waals surface area contributed by atoms with Crippen molar-refractivity contribution in [1.82, 2.24) is 5.32 Å². The second kappa shape index (κ2) is 10.0. The predicted molar refractivity (Wildman–Crippen MR) is 109 cm³/mol. The molecule has 0 bridgehead atoms. The van der Waals surface area contributed by atoms with E-state index in [-0.39, 0.29) is 11.7 Å². The van der Waals surface area contributed by atoms with E-state index >= 15 is 0 Å². The van der Waals surface area contributed by atoms with Crippen LogP contribution in [-0.4, -0.2) is 26.1 Å². The summed E-state index contributed by atoms with van der Waals surface area (Å²) in [6, 6.07) is 12.9. The second-order valence-electron chi connectivity index (χ2n) is 7.20. The van der Waals surface area contributed by atoms with Crippen LogP contribution in [0.1, 0.15) is 36.0 Å². The molecule has 1 aliphatic rings. The second-order valence-corrected chi connectivity index (χ2v) is 7.20. The standard InChI is InChI=1S/C23H27FN2O2/c1-28-22-11-9-18(15-21(22)24)10-12-23(27)25-16-19-7-3-4-8-20(19)17-26-13-5-2-6-14-26/h3-4,7-12,15H,2,5-6,13-14,16-17H2,1H3,(H,25,27)/p+1/b12-10+. The lowest BCUT2D eigenvalue weighted by molar-refractivity contribution is -0.918. The molecule has 28 heavy (non-hydrogen) atoms. The van der Waals surface area contributed by atoms with Crippen molar-refractivity contribution in [3.8, 4) is 5.75 Å². The zero-order chi connectivity index (χ0) is 19.8. The van der Waals surface area contributed by atoms with Crippen LogP contribution < -0.4 is 15.0 Å². The first-order valence-corrected chi connectivity index (χ1v) is 9.85. The number of carbonyl (C=O) groups excluding carboxylic acids is 1. The van der Waals surface area contributed by atoms with Crippen LogP contribution in [0.15, 0.2) is 48.5 Å². The summed E-state index contributed by atoms with van der Waals surface area (Å²) in [7, 11) is 1.42. The molecule has 0 unspecified atom stereocenters. The van der Waals surface area contributed by atoms with Gasteiger partial charge in [0.1, 0.15) is 6.54 Å². The van der Waals surface area contributed by atoms with E-state index in [2.05, 4.69) is 23.5 Å². The number of rotatable bonds is 7. The first-order chi connectivity index (χ1) is 13.7. The van der Waals surface area contributed by atoms with E-state index < -0.39 is 5.82 Å². The summed E-state index contributed by atoms with van der Waals surface area (Å²) in [5.41, 5.74) is 3.06. The Bertz CT molecular complexity index is 829. The molecule has 1 aliphatic heterocycles. The van der Waals surface area contributed by atoms with Gasteiger partial charge in [0, 0.05) is 18.2 Å². The van der Waals surface area contributed by atoms with E-state index in [9.17, 15) is 9.18 Å². The number of halogens is 1. The molecule has 1 fully saturated rings. The molecule has 0 aromatic heterocycles. The molecule has 148 valence electrons. The average Bonchev–Trinajstić information content (AvgIpc) is 2.72. The molecule has 0 saturated carbocycles. The van der Waals surface area contributed by atoms with Crippen LogP contribution in [0.5, 0.6) is 5.75 Å². The lowest BCUT2D eigenvalue weighted by Gasteiger charge is -2.24. The fourth-order valence-corrected chi connectivity index (χ4v) is 3.60. The maximum atomic E-state index is 13.7. The minimum absolute atomic E-state index is 0.189. The number of likely N-dealkylation sites (tertiary alicyclic amines) is 1. The molecule has 1 heterocycles. The number of quaternary nitrogens is 1. The molecule has 0 aliphatic carbocycles. The molecular formula is C23H28FN2O2+. The normalized spacial score (nSPS) is 14.9. The molecule has 0 radical (unpaired) electrons. The van der Waals surface area contributed by atoms with Gasteiger partial charge in [-0.05, 0) is 48.6 Å². The van der Waals surface area contributed by atoms with Gasteiger partial charge < -0.3 is 15.0 Å². The van der Waals surface area contributed by atoms with Gasteiger partial charge in [-0.3, -0.25) is 4.79 Å². The minimum atomic E-state index is -0.445. The molecule has 4 nitrogen and oxygen atoms in total. The Morgan fingerprint density at radius 1 is 1.14 bits per heavy atom. The largest absolute Gasteiger partial charge is 0.494 e. The highest BCUT2D eigenvalue weighted by atomic mass is 19.1. The molecule has 3 rings (SSSR count). The van der Waals surface area contributed by atoms with E-state index in [0.717, 1.165) is 12.1 Å². The molecule has 0 atom stereocenters. The SMILES string of the molecule is COc1ccc(/C=C/C(=O)NCc2ccccc2C[NH+]2CCCCC2)cc1F. The highest BCUT2D eigenvalue weighted by Crippen LogP contribution is 2.18. The first kappa shape index (κ1) is 20.1. The van der Waals surface area contributed by atoms with E-state index in [1.807, 2.05) is 6.07 Å².